The molecule has 0 saturated carbocycles. The van der Waals surface area contributed by atoms with Gasteiger partial charge < -0.3 is 16.0 Å². The van der Waals surface area contributed by atoms with Crippen LogP contribution in [0.5, 0.6) is 0 Å². The minimum atomic E-state index is -0.657. The van der Waals surface area contributed by atoms with Crippen LogP contribution in [0.3, 0.4) is 0 Å². The average Bonchev–Trinajstić information content (AvgIpc) is 2.44. The quantitative estimate of drug-likeness (QED) is 0.670. The Labute approximate surface area is 116 Å². The van der Waals surface area contributed by atoms with Crippen LogP contribution in [0.2, 0.25) is 0 Å². The van der Waals surface area contributed by atoms with Gasteiger partial charge in [-0.25, -0.2) is 0 Å². The van der Waals surface area contributed by atoms with Crippen LogP contribution in [0.4, 0.5) is 0 Å². The molecule has 3 N–H and O–H groups in total. The van der Waals surface area contributed by atoms with Crippen molar-refractivity contribution in [3.05, 3.63) is 35.9 Å². The van der Waals surface area contributed by atoms with E-state index in [0.29, 0.717) is 6.42 Å². The van der Waals surface area contributed by atoms with Crippen LogP contribution in [-0.2, 0) is 20.8 Å². The van der Waals surface area contributed by atoms with Crippen LogP contribution >= 0.6 is 0 Å². The smallest absolute Gasteiger partial charge is 0.243 e. The molecule has 0 spiro atoms. The van der Waals surface area contributed by atoms with Gasteiger partial charge in [-0.15, -0.1) is 0 Å². The van der Waals surface area contributed by atoms with Gasteiger partial charge in [0.15, 0.2) is 0 Å². The molecule has 1 aliphatic heterocycles. The van der Waals surface area contributed by atoms with Crippen LogP contribution in [0, 0.1) is 0 Å². The first-order valence-corrected chi connectivity index (χ1v) is 6.53. The molecule has 1 atom stereocenters. The predicted octanol–water partition coefficient (Wildman–Crippen LogP) is -0.650. The molecule has 0 aliphatic carbocycles. The minimum absolute atomic E-state index is 0.0695. The SMILES string of the molecule is O=C1CNC(=O)[C@H](Cc2ccccc2)NC(=O)CCN1. The number of amides is 3. The topological polar surface area (TPSA) is 87.3 Å². The van der Waals surface area contributed by atoms with E-state index in [4.69, 9.17) is 0 Å². The molecule has 1 saturated heterocycles. The highest BCUT2D eigenvalue weighted by Gasteiger charge is 2.22. The highest BCUT2D eigenvalue weighted by molar-refractivity contribution is 5.91. The molecule has 6 heteroatoms. The summed E-state index contributed by atoms with van der Waals surface area (Å²) >= 11 is 0. The first-order chi connectivity index (χ1) is 9.65. The van der Waals surface area contributed by atoms with E-state index in [1.807, 2.05) is 30.3 Å². The largest absolute Gasteiger partial charge is 0.354 e. The third-order valence-electron chi connectivity index (χ3n) is 3.03. The normalized spacial score (nSPS) is 20.6. The van der Waals surface area contributed by atoms with Crippen LogP contribution in [0.25, 0.3) is 0 Å². The Balaban J connectivity index is 2.08. The Morgan fingerprint density at radius 1 is 1.00 bits per heavy atom. The van der Waals surface area contributed by atoms with Crippen molar-refractivity contribution in [2.75, 3.05) is 13.1 Å². The maximum Gasteiger partial charge on any atom is 0.243 e. The van der Waals surface area contributed by atoms with Gasteiger partial charge in [0.25, 0.3) is 0 Å². The standard InChI is InChI=1S/C14H17N3O3/c18-12-6-7-15-13(19)9-16-14(20)11(17-12)8-10-4-2-1-3-5-10/h1-5,11H,6-9H2,(H,15,19)(H,16,20)(H,17,18)/t11-/m0/s1. The second-order valence-electron chi connectivity index (χ2n) is 4.63. The van der Waals surface area contributed by atoms with E-state index < -0.39 is 6.04 Å². The van der Waals surface area contributed by atoms with E-state index in [0.717, 1.165) is 5.56 Å². The predicted molar refractivity (Wildman–Crippen MR) is 72.7 cm³/mol. The van der Waals surface area contributed by atoms with Gasteiger partial charge in [-0.05, 0) is 5.56 Å². The van der Waals surface area contributed by atoms with Gasteiger partial charge in [0.2, 0.25) is 17.7 Å². The van der Waals surface area contributed by atoms with Gasteiger partial charge in [0, 0.05) is 19.4 Å². The molecule has 3 amide bonds. The fourth-order valence-electron chi connectivity index (χ4n) is 1.99. The highest BCUT2D eigenvalue weighted by atomic mass is 16.2. The number of benzene rings is 1. The van der Waals surface area contributed by atoms with Crippen molar-refractivity contribution in [1.29, 1.82) is 0 Å². The maximum absolute atomic E-state index is 12.0. The zero-order valence-electron chi connectivity index (χ0n) is 11.0. The molecule has 1 heterocycles. The molecule has 1 aromatic carbocycles. The molecule has 1 fully saturated rings. The van der Waals surface area contributed by atoms with E-state index in [1.54, 1.807) is 0 Å². The van der Waals surface area contributed by atoms with Crippen molar-refractivity contribution in [2.24, 2.45) is 0 Å². The van der Waals surface area contributed by atoms with Crippen molar-refractivity contribution in [3.63, 3.8) is 0 Å². The zero-order valence-corrected chi connectivity index (χ0v) is 11.0. The van der Waals surface area contributed by atoms with E-state index in [9.17, 15) is 14.4 Å². The summed E-state index contributed by atoms with van der Waals surface area (Å²) in [6.07, 6.45) is 0.574. The second-order valence-corrected chi connectivity index (χ2v) is 4.63. The Morgan fingerprint density at radius 2 is 1.75 bits per heavy atom. The third-order valence-corrected chi connectivity index (χ3v) is 3.03. The van der Waals surface area contributed by atoms with E-state index in [2.05, 4.69) is 16.0 Å². The summed E-state index contributed by atoms with van der Waals surface area (Å²) in [6, 6.07) is 8.78. The zero-order chi connectivity index (χ0) is 14.4. The lowest BCUT2D eigenvalue weighted by Crippen LogP contribution is -2.52. The highest BCUT2D eigenvalue weighted by Crippen LogP contribution is 2.04. The molecule has 20 heavy (non-hydrogen) atoms. The molecule has 0 unspecified atom stereocenters. The van der Waals surface area contributed by atoms with Gasteiger partial charge in [0.05, 0.1) is 6.54 Å². The molecule has 0 aromatic heterocycles. The molecule has 2 rings (SSSR count). The van der Waals surface area contributed by atoms with Crippen LogP contribution in [0.1, 0.15) is 12.0 Å². The summed E-state index contributed by atoms with van der Waals surface area (Å²) in [5.41, 5.74) is 0.953. The molecule has 1 aliphatic rings. The lowest BCUT2D eigenvalue weighted by atomic mass is 10.0. The Hall–Kier alpha value is -2.37. The first-order valence-electron chi connectivity index (χ1n) is 6.53. The summed E-state index contributed by atoms with van der Waals surface area (Å²) in [4.78, 5) is 35.1. The fourth-order valence-corrected chi connectivity index (χ4v) is 1.99. The summed E-state index contributed by atoms with van der Waals surface area (Å²) in [5, 5.41) is 7.78. The van der Waals surface area contributed by atoms with Crippen molar-refractivity contribution in [1.82, 2.24) is 16.0 Å². The van der Waals surface area contributed by atoms with E-state index >= 15 is 0 Å². The van der Waals surface area contributed by atoms with Gasteiger partial charge in [0.1, 0.15) is 6.04 Å². The van der Waals surface area contributed by atoms with Gasteiger partial charge in [-0.3, -0.25) is 14.4 Å². The van der Waals surface area contributed by atoms with Crippen molar-refractivity contribution in [3.8, 4) is 0 Å². The summed E-state index contributed by atoms with van der Waals surface area (Å²) in [6.45, 7) is 0.207. The lowest BCUT2D eigenvalue weighted by molar-refractivity contribution is -0.131. The lowest BCUT2D eigenvalue weighted by Gasteiger charge is -2.20. The number of rotatable bonds is 2. The Kier molecular flexibility index (Phi) is 4.70. The van der Waals surface area contributed by atoms with E-state index in [1.165, 1.54) is 0 Å². The van der Waals surface area contributed by atoms with Crippen LogP contribution in [-0.4, -0.2) is 36.9 Å². The summed E-state index contributed by atoms with van der Waals surface area (Å²) < 4.78 is 0. The molecule has 6 nitrogen and oxygen atoms in total. The van der Waals surface area contributed by atoms with Crippen molar-refractivity contribution >= 4 is 17.7 Å². The average molecular weight is 275 g/mol. The van der Waals surface area contributed by atoms with Crippen LogP contribution in [0.15, 0.2) is 30.3 Å². The van der Waals surface area contributed by atoms with Crippen molar-refractivity contribution in [2.45, 2.75) is 18.9 Å². The number of hydrogen-bond donors (Lipinski definition) is 3. The first kappa shape index (κ1) is 14.0. The molecule has 1 aromatic rings. The molecule has 0 radical (unpaired) electrons. The fraction of sp³-hybridized carbons (Fsp3) is 0.357. The minimum Gasteiger partial charge on any atom is -0.354 e. The van der Waals surface area contributed by atoms with Crippen LogP contribution < -0.4 is 16.0 Å². The Bertz CT molecular complexity index is 502. The number of nitrogens with one attached hydrogen (secondary N) is 3. The number of carbonyl (C=O) groups is 3. The van der Waals surface area contributed by atoms with E-state index in [-0.39, 0.29) is 37.2 Å². The molecular weight excluding hydrogens is 258 g/mol. The molecular formula is C14H17N3O3. The van der Waals surface area contributed by atoms with Crippen molar-refractivity contribution < 1.29 is 14.4 Å². The van der Waals surface area contributed by atoms with Gasteiger partial charge >= 0.3 is 0 Å². The number of hydrogen-bond acceptors (Lipinski definition) is 3. The van der Waals surface area contributed by atoms with Gasteiger partial charge in [-0.1, -0.05) is 30.3 Å². The molecule has 0 bridgehead atoms. The summed E-state index contributed by atoms with van der Waals surface area (Å²) in [7, 11) is 0. The second kappa shape index (κ2) is 6.70. The Morgan fingerprint density at radius 3 is 2.50 bits per heavy atom. The monoisotopic (exact) mass is 275 g/mol. The maximum atomic E-state index is 12.0. The third kappa shape index (κ3) is 4.08. The summed E-state index contributed by atoms with van der Waals surface area (Å²) in [5.74, 6) is -0.881. The molecule has 106 valence electrons. The van der Waals surface area contributed by atoms with Gasteiger partial charge in [-0.2, -0.15) is 0 Å². The number of carbonyl (C=O) groups excluding carboxylic acids is 3.